The molecule has 0 aliphatic rings. The summed E-state index contributed by atoms with van der Waals surface area (Å²) in [7, 11) is 0. The summed E-state index contributed by atoms with van der Waals surface area (Å²) in [5, 5.41) is 0. The summed E-state index contributed by atoms with van der Waals surface area (Å²) in [6, 6.07) is 5.97. The number of nitrogens with zero attached hydrogens (tertiary/aromatic N) is 1. The van der Waals surface area contributed by atoms with E-state index in [4.69, 9.17) is 4.42 Å². The zero-order valence-corrected chi connectivity index (χ0v) is 8.74. The second kappa shape index (κ2) is 4.26. The number of halogens is 1. The van der Waals surface area contributed by atoms with Crippen molar-refractivity contribution in [2.75, 3.05) is 0 Å². The molecule has 4 heteroatoms. The number of ketones is 1. The van der Waals surface area contributed by atoms with Gasteiger partial charge < -0.3 is 4.42 Å². The molecule has 0 amide bonds. The Bertz CT molecular complexity index is 519. The fourth-order valence-corrected chi connectivity index (χ4v) is 1.39. The standard InChI is InChI=1S/C12H10FNO2/c1-8(15)5-11-7-14-12(16-11)9-3-2-4-10(13)6-9/h2-4,6-7H,5H2,1H3. The molecule has 0 aliphatic heterocycles. The van der Waals surface area contributed by atoms with Gasteiger partial charge in [-0.25, -0.2) is 9.37 Å². The number of Topliss-reactive ketones (excluding diaryl/α,β-unsaturated/α-hetero) is 1. The maximum absolute atomic E-state index is 12.9. The first-order chi connectivity index (χ1) is 7.65. The van der Waals surface area contributed by atoms with Gasteiger partial charge in [-0.2, -0.15) is 0 Å². The van der Waals surface area contributed by atoms with Crippen molar-refractivity contribution in [3.05, 3.63) is 42.0 Å². The third-order valence-corrected chi connectivity index (χ3v) is 2.05. The Labute approximate surface area is 91.9 Å². The van der Waals surface area contributed by atoms with Crippen molar-refractivity contribution in [2.45, 2.75) is 13.3 Å². The smallest absolute Gasteiger partial charge is 0.226 e. The molecule has 0 spiro atoms. The Morgan fingerprint density at radius 1 is 1.50 bits per heavy atom. The molecule has 2 aromatic rings. The summed E-state index contributed by atoms with van der Waals surface area (Å²) in [5.41, 5.74) is 0.565. The van der Waals surface area contributed by atoms with Crippen LogP contribution in [-0.4, -0.2) is 10.8 Å². The maximum atomic E-state index is 12.9. The van der Waals surface area contributed by atoms with Crippen LogP contribution in [0.4, 0.5) is 4.39 Å². The SMILES string of the molecule is CC(=O)Cc1cnc(-c2cccc(F)c2)o1. The van der Waals surface area contributed by atoms with Gasteiger partial charge in [-0.3, -0.25) is 4.79 Å². The van der Waals surface area contributed by atoms with E-state index < -0.39 is 0 Å². The van der Waals surface area contributed by atoms with E-state index in [0.29, 0.717) is 17.2 Å². The van der Waals surface area contributed by atoms with Crippen LogP contribution in [0.1, 0.15) is 12.7 Å². The minimum atomic E-state index is -0.344. The number of hydrogen-bond acceptors (Lipinski definition) is 3. The van der Waals surface area contributed by atoms with E-state index in [1.54, 1.807) is 12.1 Å². The predicted molar refractivity (Wildman–Crippen MR) is 56.3 cm³/mol. The van der Waals surface area contributed by atoms with E-state index in [-0.39, 0.29) is 18.0 Å². The zero-order chi connectivity index (χ0) is 11.5. The Balaban J connectivity index is 2.28. The first-order valence-electron chi connectivity index (χ1n) is 4.85. The molecule has 1 heterocycles. The Morgan fingerprint density at radius 3 is 3.00 bits per heavy atom. The zero-order valence-electron chi connectivity index (χ0n) is 8.74. The molecular formula is C12H10FNO2. The van der Waals surface area contributed by atoms with Crippen LogP contribution in [0.2, 0.25) is 0 Å². The van der Waals surface area contributed by atoms with E-state index in [2.05, 4.69) is 4.98 Å². The third-order valence-electron chi connectivity index (χ3n) is 2.05. The molecule has 3 nitrogen and oxygen atoms in total. The van der Waals surface area contributed by atoms with Gasteiger partial charge in [0.15, 0.2) is 0 Å². The molecule has 0 aliphatic carbocycles. The maximum Gasteiger partial charge on any atom is 0.226 e. The monoisotopic (exact) mass is 219 g/mol. The Morgan fingerprint density at radius 2 is 2.31 bits per heavy atom. The van der Waals surface area contributed by atoms with Gasteiger partial charge in [-0.05, 0) is 25.1 Å². The van der Waals surface area contributed by atoms with E-state index in [9.17, 15) is 9.18 Å². The minimum absolute atomic E-state index is 0.00180. The van der Waals surface area contributed by atoms with Crippen molar-refractivity contribution in [3.8, 4) is 11.5 Å². The number of benzene rings is 1. The molecule has 0 atom stereocenters. The van der Waals surface area contributed by atoms with Crippen molar-refractivity contribution in [1.82, 2.24) is 4.98 Å². The number of hydrogen-bond donors (Lipinski definition) is 0. The lowest BCUT2D eigenvalue weighted by atomic mass is 10.2. The van der Waals surface area contributed by atoms with Gasteiger partial charge in [-0.15, -0.1) is 0 Å². The molecular weight excluding hydrogens is 209 g/mol. The Kier molecular flexibility index (Phi) is 2.81. The average molecular weight is 219 g/mol. The van der Waals surface area contributed by atoms with Gasteiger partial charge >= 0.3 is 0 Å². The second-order valence-corrected chi connectivity index (χ2v) is 3.52. The summed E-state index contributed by atoms with van der Waals surface area (Å²) in [6.45, 7) is 1.48. The molecule has 0 fully saturated rings. The number of carbonyl (C=O) groups is 1. The lowest BCUT2D eigenvalue weighted by Crippen LogP contribution is -1.93. The first-order valence-corrected chi connectivity index (χ1v) is 4.85. The number of oxazole rings is 1. The second-order valence-electron chi connectivity index (χ2n) is 3.52. The molecule has 0 saturated carbocycles. The van der Waals surface area contributed by atoms with E-state index >= 15 is 0 Å². The highest BCUT2D eigenvalue weighted by Gasteiger charge is 2.08. The van der Waals surface area contributed by atoms with Crippen LogP contribution >= 0.6 is 0 Å². The quantitative estimate of drug-likeness (QED) is 0.796. The molecule has 2 rings (SSSR count). The third kappa shape index (κ3) is 2.34. The molecule has 1 aromatic heterocycles. The van der Waals surface area contributed by atoms with Crippen LogP contribution in [0.3, 0.4) is 0 Å². The lowest BCUT2D eigenvalue weighted by Gasteiger charge is -1.95. The molecule has 0 bridgehead atoms. The highest BCUT2D eigenvalue weighted by Crippen LogP contribution is 2.20. The summed E-state index contributed by atoms with van der Waals surface area (Å²) in [5.74, 6) is 0.480. The minimum Gasteiger partial charge on any atom is -0.441 e. The number of aromatic nitrogens is 1. The van der Waals surface area contributed by atoms with Crippen LogP contribution in [0, 0.1) is 5.82 Å². The van der Waals surface area contributed by atoms with Crippen molar-refractivity contribution < 1.29 is 13.6 Å². The van der Waals surface area contributed by atoms with Gasteiger partial charge in [0.1, 0.15) is 17.4 Å². The molecule has 0 unspecified atom stereocenters. The summed E-state index contributed by atoms with van der Waals surface area (Å²) >= 11 is 0. The van der Waals surface area contributed by atoms with E-state index in [0.717, 1.165) is 0 Å². The van der Waals surface area contributed by atoms with Crippen LogP contribution in [0.25, 0.3) is 11.5 Å². The van der Waals surface area contributed by atoms with Gasteiger partial charge in [0, 0.05) is 5.56 Å². The van der Waals surface area contributed by atoms with Crippen LogP contribution in [-0.2, 0) is 11.2 Å². The van der Waals surface area contributed by atoms with Gasteiger partial charge in [0.2, 0.25) is 5.89 Å². The molecule has 82 valence electrons. The van der Waals surface area contributed by atoms with E-state index in [1.807, 2.05) is 0 Å². The summed E-state index contributed by atoms with van der Waals surface area (Å²) in [4.78, 5) is 14.9. The topological polar surface area (TPSA) is 43.1 Å². The van der Waals surface area contributed by atoms with E-state index in [1.165, 1.54) is 25.3 Å². The van der Waals surface area contributed by atoms with Crippen molar-refractivity contribution >= 4 is 5.78 Å². The van der Waals surface area contributed by atoms with Gasteiger partial charge in [0.05, 0.1) is 12.6 Å². The molecule has 16 heavy (non-hydrogen) atoms. The fourth-order valence-electron chi connectivity index (χ4n) is 1.39. The van der Waals surface area contributed by atoms with Crippen molar-refractivity contribution in [3.63, 3.8) is 0 Å². The van der Waals surface area contributed by atoms with Gasteiger partial charge in [-0.1, -0.05) is 6.07 Å². The van der Waals surface area contributed by atoms with Crippen molar-refractivity contribution in [1.29, 1.82) is 0 Å². The molecule has 1 aromatic carbocycles. The van der Waals surface area contributed by atoms with Crippen LogP contribution in [0.15, 0.2) is 34.9 Å². The largest absolute Gasteiger partial charge is 0.441 e. The Hall–Kier alpha value is -1.97. The normalized spacial score (nSPS) is 10.4. The number of carbonyl (C=O) groups excluding carboxylic acids is 1. The highest BCUT2D eigenvalue weighted by atomic mass is 19.1. The van der Waals surface area contributed by atoms with Crippen LogP contribution < -0.4 is 0 Å². The summed E-state index contributed by atoms with van der Waals surface area (Å²) in [6.07, 6.45) is 1.70. The van der Waals surface area contributed by atoms with Crippen LogP contribution in [0.5, 0.6) is 0 Å². The average Bonchev–Trinajstić information content (AvgIpc) is 2.65. The molecule has 0 radical (unpaired) electrons. The first kappa shape index (κ1) is 10.5. The number of rotatable bonds is 3. The van der Waals surface area contributed by atoms with Gasteiger partial charge in [0.25, 0.3) is 0 Å². The van der Waals surface area contributed by atoms with Crippen molar-refractivity contribution in [2.24, 2.45) is 0 Å². The lowest BCUT2D eigenvalue weighted by molar-refractivity contribution is -0.116. The molecule has 0 saturated heterocycles. The predicted octanol–water partition coefficient (Wildman–Crippen LogP) is 2.61. The summed E-state index contributed by atoms with van der Waals surface area (Å²) < 4.78 is 18.3. The highest BCUT2D eigenvalue weighted by molar-refractivity contribution is 5.77. The fraction of sp³-hybridized carbons (Fsp3) is 0.167. The molecule has 0 N–H and O–H groups in total.